The molecular weight excluding hydrogens is 715 g/mol. The minimum absolute atomic E-state index is 0.380. The summed E-state index contributed by atoms with van der Waals surface area (Å²) in [5.74, 6) is 0.532. The molecule has 0 radical (unpaired) electrons. The molecular formula is C37H65N7O9Si. The summed E-state index contributed by atoms with van der Waals surface area (Å²) < 4.78 is 48.5. The van der Waals surface area contributed by atoms with E-state index in [1.807, 2.05) is 54.7 Å². The number of nitrogens with one attached hydrogen (secondary N) is 2. The van der Waals surface area contributed by atoms with E-state index in [4.69, 9.17) is 47.9 Å². The van der Waals surface area contributed by atoms with E-state index in [9.17, 15) is 4.79 Å². The van der Waals surface area contributed by atoms with Crippen molar-refractivity contribution < 1.29 is 42.7 Å². The molecule has 3 aromatic rings. The highest BCUT2D eigenvalue weighted by Crippen LogP contribution is 2.28. The van der Waals surface area contributed by atoms with Gasteiger partial charge in [0, 0.05) is 57.7 Å². The van der Waals surface area contributed by atoms with E-state index in [2.05, 4.69) is 42.3 Å². The van der Waals surface area contributed by atoms with Crippen molar-refractivity contribution in [3.05, 3.63) is 24.7 Å². The number of anilines is 1. The first kappa shape index (κ1) is 45.2. The summed E-state index contributed by atoms with van der Waals surface area (Å²) in [7, 11) is -1.17. The van der Waals surface area contributed by atoms with Gasteiger partial charge in [0.1, 0.15) is 18.0 Å². The molecule has 0 bridgehead atoms. The number of carbonyl (C=O) groups is 1. The van der Waals surface area contributed by atoms with Crippen LogP contribution in [0.15, 0.2) is 24.7 Å². The topological polar surface area (TPSA) is 164 Å². The van der Waals surface area contributed by atoms with Crippen molar-refractivity contribution >= 4 is 31.1 Å². The maximum Gasteiger partial charge on any atom is 0.407 e. The van der Waals surface area contributed by atoms with Gasteiger partial charge >= 0.3 is 6.09 Å². The number of fused-ring (bicyclic) bond motifs is 1. The fourth-order valence-electron chi connectivity index (χ4n) is 4.82. The van der Waals surface area contributed by atoms with Crippen molar-refractivity contribution in [1.29, 1.82) is 0 Å². The first-order valence-corrected chi connectivity index (χ1v) is 22.8. The molecule has 0 aliphatic carbocycles. The number of nitrogens with zero attached hydrogens (tertiary/aromatic N) is 5. The summed E-state index contributed by atoms with van der Waals surface area (Å²) in [6.45, 7) is 23.2. The molecule has 54 heavy (non-hydrogen) atoms. The van der Waals surface area contributed by atoms with Crippen molar-refractivity contribution in [3.8, 4) is 11.3 Å². The molecule has 3 rings (SSSR count). The number of aromatic nitrogens is 5. The second-order valence-corrected chi connectivity index (χ2v) is 20.4. The second-order valence-electron chi connectivity index (χ2n) is 14.8. The molecule has 1 amide bonds. The lowest BCUT2D eigenvalue weighted by Gasteiger charge is -2.19. The van der Waals surface area contributed by atoms with E-state index in [0.717, 1.165) is 47.9 Å². The van der Waals surface area contributed by atoms with E-state index in [1.54, 1.807) is 0 Å². The van der Waals surface area contributed by atoms with E-state index >= 15 is 0 Å². The number of carbonyl (C=O) groups excluding carboxylic acids is 1. The van der Waals surface area contributed by atoms with Crippen molar-refractivity contribution in [2.45, 2.75) is 78.7 Å². The Bertz CT molecular complexity index is 1460. The van der Waals surface area contributed by atoms with Crippen LogP contribution in [0.5, 0.6) is 0 Å². The van der Waals surface area contributed by atoms with Gasteiger partial charge in [-0.1, -0.05) is 26.6 Å². The third-order valence-electron chi connectivity index (χ3n) is 7.51. The third-order valence-corrected chi connectivity index (χ3v) is 9.21. The lowest BCUT2D eigenvalue weighted by molar-refractivity contribution is -0.0162. The Balaban J connectivity index is 1.21. The maximum absolute atomic E-state index is 11.5. The standard InChI is InChI=1S/C37H65N7O9Si/c1-8-12-44-29-31(28-40-44)33-32-9-13-43(30-52-26-27-54(5,6)7)34(32)42-35(41-33)38-10-14-46-16-18-48-20-22-50-24-25-51-23-21-49-19-17-47-15-11-39-36(45)53-37(2,3)4/h9,13,28-29H,8,10-12,14-27,30H2,1-7H3,(H,39,45)(H,38,41,42). The highest BCUT2D eigenvalue weighted by atomic mass is 28.3. The minimum atomic E-state index is -1.17. The number of ether oxygens (including phenoxy) is 8. The van der Waals surface area contributed by atoms with Crippen LogP contribution in [-0.4, -0.2) is 143 Å². The molecule has 2 N–H and O–H groups in total. The van der Waals surface area contributed by atoms with E-state index < -0.39 is 19.8 Å². The van der Waals surface area contributed by atoms with Gasteiger partial charge in [-0.25, -0.2) is 9.78 Å². The first-order valence-electron chi connectivity index (χ1n) is 19.1. The molecule has 0 saturated carbocycles. The Morgan fingerprint density at radius 1 is 0.778 bits per heavy atom. The minimum Gasteiger partial charge on any atom is -0.444 e. The Morgan fingerprint density at radius 3 is 1.91 bits per heavy atom. The predicted octanol–water partition coefficient (Wildman–Crippen LogP) is 5.05. The lowest BCUT2D eigenvalue weighted by atomic mass is 10.2. The highest BCUT2D eigenvalue weighted by Gasteiger charge is 2.17. The summed E-state index contributed by atoms with van der Waals surface area (Å²) >= 11 is 0. The fourth-order valence-corrected chi connectivity index (χ4v) is 5.58. The van der Waals surface area contributed by atoms with Crippen LogP contribution >= 0.6 is 0 Å². The zero-order valence-electron chi connectivity index (χ0n) is 33.7. The summed E-state index contributed by atoms with van der Waals surface area (Å²) in [4.78, 5) is 21.3. The zero-order valence-corrected chi connectivity index (χ0v) is 34.7. The third kappa shape index (κ3) is 19.4. The van der Waals surface area contributed by atoms with Gasteiger partial charge in [-0.3, -0.25) is 4.68 Å². The smallest absolute Gasteiger partial charge is 0.407 e. The molecule has 17 heteroatoms. The summed E-state index contributed by atoms with van der Waals surface area (Å²) in [5, 5.41) is 11.4. The number of hydrogen-bond acceptors (Lipinski definition) is 13. The van der Waals surface area contributed by atoms with E-state index in [1.165, 1.54) is 0 Å². The summed E-state index contributed by atoms with van der Waals surface area (Å²) in [6, 6.07) is 3.16. The summed E-state index contributed by atoms with van der Waals surface area (Å²) in [5.41, 5.74) is 2.09. The highest BCUT2D eigenvalue weighted by molar-refractivity contribution is 6.76. The lowest BCUT2D eigenvalue weighted by Crippen LogP contribution is -2.34. The van der Waals surface area contributed by atoms with E-state index in [-0.39, 0.29) is 0 Å². The van der Waals surface area contributed by atoms with Crippen LogP contribution in [-0.2, 0) is 51.2 Å². The molecule has 3 heterocycles. The predicted molar refractivity (Wildman–Crippen MR) is 211 cm³/mol. The van der Waals surface area contributed by atoms with Gasteiger partial charge in [-0.15, -0.1) is 0 Å². The maximum atomic E-state index is 11.5. The fraction of sp³-hybridized carbons (Fsp3) is 0.730. The van der Waals surface area contributed by atoms with Crippen molar-refractivity contribution in [2.24, 2.45) is 0 Å². The Labute approximate surface area is 321 Å². The van der Waals surface area contributed by atoms with Crippen LogP contribution in [0.25, 0.3) is 22.3 Å². The number of rotatable bonds is 30. The molecule has 0 aliphatic heterocycles. The molecule has 0 saturated heterocycles. The Morgan fingerprint density at radius 2 is 1.35 bits per heavy atom. The number of amides is 1. The van der Waals surface area contributed by atoms with Crippen LogP contribution < -0.4 is 10.6 Å². The molecule has 0 spiro atoms. The molecule has 306 valence electrons. The van der Waals surface area contributed by atoms with Gasteiger partial charge in [0.15, 0.2) is 0 Å². The second kappa shape index (κ2) is 25.1. The van der Waals surface area contributed by atoms with Crippen LogP contribution in [0.2, 0.25) is 25.7 Å². The SMILES string of the molecule is CCCn1cc(-c2nc(NCCOCCOCCOCCOCCOCCOCCNC(=O)OC(C)(C)C)nc3c2ccn3COCC[Si](C)(C)C)cn1. The molecule has 0 aliphatic rings. The molecule has 16 nitrogen and oxygen atoms in total. The van der Waals surface area contributed by atoms with Crippen LogP contribution in [0.4, 0.5) is 10.7 Å². The van der Waals surface area contributed by atoms with Gasteiger partial charge in [0.25, 0.3) is 0 Å². The molecule has 0 aromatic carbocycles. The number of aryl methyl sites for hydroxylation is 1. The summed E-state index contributed by atoms with van der Waals surface area (Å²) in [6.07, 6.45) is 6.46. The van der Waals surface area contributed by atoms with Gasteiger partial charge < -0.3 is 53.1 Å². The van der Waals surface area contributed by atoms with Crippen LogP contribution in [0, 0.1) is 0 Å². The normalized spacial score (nSPS) is 12.1. The average molecular weight is 780 g/mol. The molecule has 0 fully saturated rings. The molecule has 3 aromatic heterocycles. The van der Waals surface area contributed by atoms with Crippen LogP contribution in [0.3, 0.4) is 0 Å². The molecule has 0 unspecified atom stereocenters. The van der Waals surface area contributed by atoms with Gasteiger partial charge in [-0.2, -0.15) is 10.1 Å². The van der Waals surface area contributed by atoms with Crippen molar-refractivity contribution in [3.63, 3.8) is 0 Å². The van der Waals surface area contributed by atoms with Crippen molar-refractivity contribution in [1.82, 2.24) is 29.6 Å². The number of hydrogen-bond donors (Lipinski definition) is 2. The first-order chi connectivity index (χ1) is 25.9. The monoisotopic (exact) mass is 779 g/mol. The quantitative estimate of drug-likeness (QED) is 0.0683. The van der Waals surface area contributed by atoms with Crippen molar-refractivity contribution in [2.75, 3.05) is 104 Å². The Kier molecular flexibility index (Phi) is 21.0. The number of alkyl carbamates (subject to hydrolysis) is 1. The Hall–Kier alpha value is -3.16. The average Bonchev–Trinajstić information content (AvgIpc) is 3.75. The van der Waals surface area contributed by atoms with Gasteiger partial charge in [0.2, 0.25) is 5.95 Å². The van der Waals surface area contributed by atoms with Crippen LogP contribution in [0.1, 0.15) is 34.1 Å². The zero-order chi connectivity index (χ0) is 39.1. The largest absolute Gasteiger partial charge is 0.444 e. The van der Waals surface area contributed by atoms with E-state index in [0.29, 0.717) is 105 Å². The van der Waals surface area contributed by atoms with Gasteiger partial charge in [-0.05, 0) is 39.3 Å². The van der Waals surface area contributed by atoms with Gasteiger partial charge in [0.05, 0.1) is 91.2 Å². The molecule has 0 atom stereocenters.